The molecule has 0 spiro atoms. The third kappa shape index (κ3) is 3.13. The predicted molar refractivity (Wildman–Crippen MR) is 91.6 cm³/mol. The van der Waals surface area contributed by atoms with Crippen molar-refractivity contribution >= 4 is 11.6 Å². The number of hydrogen-bond donors (Lipinski definition) is 1. The lowest BCUT2D eigenvalue weighted by molar-refractivity contribution is -0.0166. The molecule has 0 radical (unpaired) electrons. The van der Waals surface area contributed by atoms with Gasteiger partial charge in [-0.05, 0) is 49.9 Å². The number of hydrogen-bond acceptors (Lipinski definition) is 2. The molecule has 4 atom stereocenters. The van der Waals surface area contributed by atoms with Crippen molar-refractivity contribution in [2.75, 3.05) is 13.6 Å². The molecule has 0 saturated heterocycles. The Morgan fingerprint density at radius 2 is 2.14 bits per heavy atom. The topological polar surface area (TPSA) is 29.3 Å². The molecule has 0 bridgehead atoms. The Balaban J connectivity index is 2.29. The normalized spacial score (nSPS) is 31.4. The van der Waals surface area contributed by atoms with Crippen molar-refractivity contribution in [2.45, 2.75) is 51.6 Å². The second-order valence-corrected chi connectivity index (χ2v) is 7.24. The van der Waals surface area contributed by atoms with Gasteiger partial charge in [0.25, 0.3) is 0 Å². The minimum Gasteiger partial charge on any atom is -0.329 e. The van der Waals surface area contributed by atoms with E-state index in [1.54, 1.807) is 0 Å². The van der Waals surface area contributed by atoms with Gasteiger partial charge in [-0.25, -0.2) is 0 Å². The maximum Gasteiger partial charge on any atom is 0.0409 e. The maximum absolute atomic E-state index is 6.27. The third-order valence-electron chi connectivity index (χ3n) is 5.94. The van der Waals surface area contributed by atoms with Crippen LogP contribution in [0.4, 0.5) is 0 Å². The molecule has 1 aliphatic rings. The van der Waals surface area contributed by atoms with Crippen molar-refractivity contribution in [2.24, 2.45) is 17.6 Å². The molecule has 2 N–H and O–H groups in total. The van der Waals surface area contributed by atoms with Gasteiger partial charge >= 0.3 is 0 Å². The van der Waals surface area contributed by atoms with Crippen LogP contribution in [0.5, 0.6) is 0 Å². The second kappa shape index (κ2) is 6.68. The number of likely N-dealkylation sites (N-methyl/N-ethyl adjacent to an activating group) is 1. The van der Waals surface area contributed by atoms with E-state index < -0.39 is 0 Å². The molecule has 118 valence electrons. The number of nitrogens with two attached hydrogens (primary N) is 1. The highest BCUT2D eigenvalue weighted by molar-refractivity contribution is 6.30. The van der Waals surface area contributed by atoms with Gasteiger partial charge in [-0.1, -0.05) is 50.4 Å². The molecule has 1 aromatic rings. The standard InChI is InChI=1S/C18H29ClN2/c1-13-7-6-10-18(12-20,14(13)2)21(4)15(3)16-8-5-9-17(19)11-16/h5,8-9,11,13-15H,6-7,10,12,20H2,1-4H3. The van der Waals surface area contributed by atoms with Crippen LogP contribution in [-0.2, 0) is 0 Å². The first-order valence-electron chi connectivity index (χ1n) is 8.11. The summed E-state index contributed by atoms with van der Waals surface area (Å²) in [6, 6.07) is 8.52. The Morgan fingerprint density at radius 1 is 1.43 bits per heavy atom. The van der Waals surface area contributed by atoms with Gasteiger partial charge in [0.2, 0.25) is 0 Å². The second-order valence-electron chi connectivity index (χ2n) is 6.81. The van der Waals surface area contributed by atoms with Gasteiger partial charge in [0.05, 0.1) is 0 Å². The number of nitrogens with zero attached hydrogens (tertiary/aromatic N) is 1. The van der Waals surface area contributed by atoms with Crippen molar-refractivity contribution in [1.29, 1.82) is 0 Å². The van der Waals surface area contributed by atoms with E-state index >= 15 is 0 Å². The molecule has 3 heteroatoms. The molecule has 0 heterocycles. The molecule has 0 amide bonds. The van der Waals surface area contributed by atoms with Crippen molar-refractivity contribution in [3.8, 4) is 0 Å². The highest BCUT2D eigenvalue weighted by Gasteiger charge is 2.44. The fraction of sp³-hybridized carbons (Fsp3) is 0.667. The van der Waals surface area contributed by atoms with E-state index in [0.717, 1.165) is 17.5 Å². The summed E-state index contributed by atoms with van der Waals surface area (Å²) in [5.74, 6) is 1.35. The molecule has 1 aromatic carbocycles. The summed E-state index contributed by atoms with van der Waals surface area (Å²) in [7, 11) is 2.23. The van der Waals surface area contributed by atoms with Crippen molar-refractivity contribution < 1.29 is 0 Å². The molecule has 4 unspecified atom stereocenters. The predicted octanol–water partition coefficient (Wildman–Crippen LogP) is 4.49. The van der Waals surface area contributed by atoms with Crippen LogP contribution >= 0.6 is 11.6 Å². The Bertz CT molecular complexity index is 476. The Kier molecular flexibility index (Phi) is 5.34. The minimum atomic E-state index is 0.0966. The van der Waals surface area contributed by atoms with E-state index in [4.69, 9.17) is 17.3 Å². The van der Waals surface area contributed by atoms with Crippen LogP contribution < -0.4 is 5.73 Å². The van der Waals surface area contributed by atoms with Crippen LogP contribution in [0, 0.1) is 11.8 Å². The van der Waals surface area contributed by atoms with Gasteiger partial charge in [0.1, 0.15) is 0 Å². The van der Waals surface area contributed by atoms with Gasteiger partial charge in [-0.15, -0.1) is 0 Å². The molecule has 0 aliphatic heterocycles. The summed E-state index contributed by atoms with van der Waals surface area (Å²) in [5.41, 5.74) is 7.63. The van der Waals surface area contributed by atoms with Gasteiger partial charge in [-0.2, -0.15) is 0 Å². The molecule has 2 rings (SSSR count). The maximum atomic E-state index is 6.27. The van der Waals surface area contributed by atoms with E-state index in [9.17, 15) is 0 Å². The van der Waals surface area contributed by atoms with E-state index in [-0.39, 0.29) is 5.54 Å². The van der Waals surface area contributed by atoms with E-state index in [2.05, 4.69) is 44.9 Å². The van der Waals surface area contributed by atoms with Crippen LogP contribution in [0.15, 0.2) is 24.3 Å². The van der Waals surface area contributed by atoms with Crippen molar-refractivity contribution in [3.05, 3.63) is 34.9 Å². The highest BCUT2D eigenvalue weighted by Crippen LogP contribution is 2.43. The lowest BCUT2D eigenvalue weighted by Gasteiger charge is -2.53. The van der Waals surface area contributed by atoms with Crippen molar-refractivity contribution in [3.63, 3.8) is 0 Å². The highest BCUT2D eigenvalue weighted by atomic mass is 35.5. The molecule has 1 fully saturated rings. The zero-order valence-electron chi connectivity index (χ0n) is 13.8. The summed E-state index contributed by atoms with van der Waals surface area (Å²) >= 11 is 6.16. The minimum absolute atomic E-state index is 0.0966. The lowest BCUT2D eigenvalue weighted by Crippen LogP contribution is -2.60. The summed E-state index contributed by atoms with van der Waals surface area (Å²) in [6.07, 6.45) is 3.79. The molecule has 0 aromatic heterocycles. The fourth-order valence-electron chi connectivity index (χ4n) is 4.04. The van der Waals surface area contributed by atoms with E-state index in [0.29, 0.717) is 12.0 Å². The summed E-state index contributed by atoms with van der Waals surface area (Å²) in [4.78, 5) is 2.50. The quantitative estimate of drug-likeness (QED) is 0.888. The summed E-state index contributed by atoms with van der Waals surface area (Å²) in [6.45, 7) is 7.72. The molecule has 2 nitrogen and oxygen atoms in total. The Labute approximate surface area is 134 Å². The van der Waals surface area contributed by atoms with Gasteiger partial charge in [0.15, 0.2) is 0 Å². The largest absolute Gasteiger partial charge is 0.329 e. The summed E-state index contributed by atoms with van der Waals surface area (Å²) in [5, 5.41) is 0.805. The number of benzene rings is 1. The van der Waals surface area contributed by atoms with Gasteiger partial charge < -0.3 is 5.73 Å². The van der Waals surface area contributed by atoms with Crippen LogP contribution in [-0.4, -0.2) is 24.0 Å². The molecular formula is C18H29ClN2. The molecular weight excluding hydrogens is 280 g/mol. The van der Waals surface area contributed by atoms with Crippen LogP contribution in [0.1, 0.15) is 51.6 Å². The first kappa shape index (κ1) is 16.8. The zero-order valence-corrected chi connectivity index (χ0v) is 14.5. The Hall–Kier alpha value is -0.570. The number of rotatable bonds is 4. The van der Waals surface area contributed by atoms with Crippen LogP contribution in [0.3, 0.4) is 0 Å². The van der Waals surface area contributed by atoms with Gasteiger partial charge in [0, 0.05) is 23.1 Å². The van der Waals surface area contributed by atoms with Gasteiger partial charge in [-0.3, -0.25) is 4.90 Å². The molecule has 1 aliphatic carbocycles. The van der Waals surface area contributed by atoms with Crippen LogP contribution in [0.2, 0.25) is 5.02 Å². The van der Waals surface area contributed by atoms with Crippen LogP contribution in [0.25, 0.3) is 0 Å². The van der Waals surface area contributed by atoms with E-state index in [1.807, 2.05) is 12.1 Å². The average Bonchev–Trinajstić information content (AvgIpc) is 2.49. The van der Waals surface area contributed by atoms with Crippen molar-refractivity contribution in [1.82, 2.24) is 4.90 Å². The zero-order chi connectivity index (χ0) is 15.6. The summed E-state index contributed by atoms with van der Waals surface area (Å²) < 4.78 is 0. The fourth-order valence-corrected chi connectivity index (χ4v) is 4.24. The first-order chi connectivity index (χ1) is 9.92. The SMILES string of the molecule is CC1CCCC(CN)(N(C)C(C)c2cccc(Cl)c2)C1C. The average molecular weight is 309 g/mol. The lowest BCUT2D eigenvalue weighted by atomic mass is 9.67. The third-order valence-corrected chi connectivity index (χ3v) is 6.17. The van der Waals surface area contributed by atoms with E-state index in [1.165, 1.54) is 24.8 Å². The molecule has 21 heavy (non-hydrogen) atoms. The monoisotopic (exact) mass is 308 g/mol. The number of halogens is 1. The Morgan fingerprint density at radius 3 is 2.76 bits per heavy atom. The first-order valence-corrected chi connectivity index (χ1v) is 8.48. The smallest absolute Gasteiger partial charge is 0.0409 e. The molecule has 1 saturated carbocycles.